The maximum absolute atomic E-state index is 12.4. The summed E-state index contributed by atoms with van der Waals surface area (Å²) in [4.78, 5) is 9.79. The van der Waals surface area contributed by atoms with Crippen molar-refractivity contribution in [3.63, 3.8) is 0 Å². The molecule has 0 fully saturated rings. The van der Waals surface area contributed by atoms with Crippen LogP contribution in [0.5, 0.6) is 5.75 Å². The minimum atomic E-state index is -3.00. The smallest absolute Gasteiger partial charge is 0.148 e. The molecule has 0 aliphatic rings. The van der Waals surface area contributed by atoms with E-state index >= 15 is 0 Å². The van der Waals surface area contributed by atoms with Crippen molar-refractivity contribution in [2.24, 2.45) is 0 Å². The Kier molecular flexibility index (Phi) is 9.27. The van der Waals surface area contributed by atoms with Gasteiger partial charge in [0.2, 0.25) is 0 Å². The van der Waals surface area contributed by atoms with Crippen molar-refractivity contribution in [2.75, 3.05) is 0 Å². The van der Waals surface area contributed by atoms with Crippen LogP contribution in [0.2, 0.25) is 0 Å². The Hall–Kier alpha value is -5.57. The Morgan fingerprint density at radius 2 is 1.42 bits per heavy atom. The molecule has 0 amide bonds. The van der Waals surface area contributed by atoms with Gasteiger partial charge < -0.3 is 5.11 Å². The zero-order valence-corrected chi connectivity index (χ0v) is 41.1. The van der Waals surface area contributed by atoms with Crippen molar-refractivity contribution in [3.05, 3.63) is 166 Å². The zero-order valence-electron chi connectivity index (χ0n) is 52.8. The average Bonchev–Trinajstić information content (AvgIpc) is 3.98. The fourth-order valence-corrected chi connectivity index (χ4v) is 8.32. The van der Waals surface area contributed by atoms with Gasteiger partial charge in [0.05, 0.1) is 31.9 Å². The normalized spacial score (nSPS) is 15.6. The molecule has 5 heteroatoms. The van der Waals surface area contributed by atoms with E-state index in [0.717, 1.165) is 27.8 Å². The van der Waals surface area contributed by atoms with Crippen LogP contribution in [0.4, 0.5) is 0 Å². The van der Waals surface area contributed by atoms with Crippen LogP contribution in [0, 0.1) is 19.8 Å². The Balaban J connectivity index is 0.00000903. The number of benzene rings is 6. The van der Waals surface area contributed by atoms with E-state index in [4.69, 9.17) is 22.8 Å². The third-order valence-corrected chi connectivity index (χ3v) is 11.9. The van der Waals surface area contributed by atoms with Crippen LogP contribution in [0.15, 0.2) is 121 Å². The first-order chi connectivity index (χ1) is 36.1. The molecule has 0 saturated heterocycles. The Morgan fingerprint density at radius 1 is 0.708 bits per heavy atom. The second-order valence-electron chi connectivity index (χ2n) is 18.8. The predicted molar refractivity (Wildman–Crippen MR) is 271 cm³/mol. The Bertz CT molecular complexity index is 3680. The number of aromatic hydroxyl groups is 1. The van der Waals surface area contributed by atoms with E-state index in [0.29, 0.717) is 38.9 Å². The number of para-hydroxylation sites is 1. The van der Waals surface area contributed by atoms with Crippen LogP contribution in [0.25, 0.3) is 72.7 Å². The van der Waals surface area contributed by atoms with E-state index in [1.807, 2.05) is 103 Å². The van der Waals surface area contributed by atoms with Gasteiger partial charge in [-0.2, -0.15) is 0 Å². The van der Waals surface area contributed by atoms with E-state index in [9.17, 15) is 6.48 Å². The van der Waals surface area contributed by atoms with E-state index in [-0.39, 0.29) is 72.9 Å². The molecular formula is C60H64N3OPt-. The molecule has 0 atom stereocenters. The topological polar surface area (TPSA) is 50.9 Å². The first-order valence-electron chi connectivity index (χ1n) is 28.9. The molecule has 0 radical (unpaired) electrons. The predicted octanol–water partition coefficient (Wildman–Crippen LogP) is 16.7. The van der Waals surface area contributed by atoms with Crippen molar-refractivity contribution in [1.82, 2.24) is 14.5 Å². The van der Waals surface area contributed by atoms with Crippen LogP contribution < -0.4 is 0 Å². The van der Waals surface area contributed by atoms with Crippen molar-refractivity contribution in [2.45, 2.75) is 119 Å². The molecule has 8 rings (SSSR count). The molecule has 6 aromatic carbocycles. The van der Waals surface area contributed by atoms with Gasteiger partial charge in [0.25, 0.3) is 0 Å². The summed E-state index contributed by atoms with van der Waals surface area (Å²) in [7, 11) is 0. The van der Waals surface area contributed by atoms with E-state index in [1.54, 1.807) is 28.8 Å². The summed E-state index contributed by atoms with van der Waals surface area (Å²) in [6.07, 6.45) is -0.637. The molecule has 8 aromatic rings. The largest absolute Gasteiger partial charge is 0.507 e. The third-order valence-electron chi connectivity index (χ3n) is 11.9. The maximum atomic E-state index is 12.4. The number of phenolic OH excluding ortho intramolecular Hbond substituents is 1. The fourth-order valence-electron chi connectivity index (χ4n) is 8.32. The van der Waals surface area contributed by atoms with Crippen LogP contribution in [0.1, 0.15) is 158 Å². The molecule has 0 spiro atoms. The quantitative estimate of drug-likeness (QED) is 0.139. The van der Waals surface area contributed by atoms with Gasteiger partial charge in [0.15, 0.2) is 0 Å². The molecule has 0 aliphatic heterocycles. The van der Waals surface area contributed by atoms with Gasteiger partial charge in [0.1, 0.15) is 11.6 Å². The van der Waals surface area contributed by atoms with Crippen LogP contribution in [-0.2, 0) is 26.5 Å². The number of imidazole rings is 1. The van der Waals surface area contributed by atoms with Crippen LogP contribution in [-0.4, -0.2) is 19.6 Å². The third kappa shape index (κ3) is 9.30. The molecule has 2 aromatic heterocycles. The zero-order chi connectivity index (χ0) is 57.8. The van der Waals surface area contributed by atoms with Crippen LogP contribution >= 0.6 is 0 Å². The van der Waals surface area contributed by atoms with Gasteiger partial charge in [-0.15, -0.1) is 29.3 Å². The van der Waals surface area contributed by atoms with Crippen molar-refractivity contribution < 1.29 is 45.4 Å². The molecule has 0 saturated carbocycles. The first kappa shape index (κ1) is 32.2. The van der Waals surface area contributed by atoms with Gasteiger partial charge >= 0.3 is 0 Å². The molecule has 2 heterocycles. The van der Waals surface area contributed by atoms with Gasteiger partial charge in [-0.3, -0.25) is 9.55 Å². The van der Waals surface area contributed by atoms with Gasteiger partial charge in [0, 0.05) is 42.5 Å². The second-order valence-corrected chi connectivity index (χ2v) is 18.8. The molecule has 336 valence electrons. The number of hydrogen-bond acceptors (Lipinski definition) is 3. The minimum absolute atomic E-state index is 0. The van der Waals surface area contributed by atoms with E-state index in [1.165, 1.54) is 0 Å². The summed E-state index contributed by atoms with van der Waals surface area (Å²) in [6, 6.07) is 23.2. The summed E-state index contributed by atoms with van der Waals surface area (Å²) < 4.78 is 125. The average molecular weight is 1050 g/mol. The summed E-state index contributed by atoms with van der Waals surface area (Å²) in [5, 5.41) is 12.4. The number of fused-ring (bicyclic) bond motifs is 1. The maximum Gasteiger partial charge on any atom is 0.148 e. The first-order valence-corrected chi connectivity index (χ1v) is 21.9. The number of aryl methyl sites for hydroxylation is 1. The molecule has 1 N–H and O–H groups in total. The van der Waals surface area contributed by atoms with Crippen molar-refractivity contribution in [3.8, 4) is 67.5 Å². The number of pyridine rings is 1. The number of aromatic nitrogens is 3. The number of nitrogens with zero attached hydrogens (tertiary/aromatic N) is 3. The van der Waals surface area contributed by atoms with Crippen molar-refractivity contribution in [1.29, 1.82) is 0 Å². The fraction of sp³-hybridized carbons (Fsp3) is 0.300. The summed E-state index contributed by atoms with van der Waals surface area (Å²) in [5.41, 5.74) is 5.65. The van der Waals surface area contributed by atoms with Crippen LogP contribution in [0.3, 0.4) is 0 Å². The molecule has 4 nitrogen and oxygen atoms in total. The SMILES string of the molecule is [2H]c1nc(-c2[c-]c(-c3cccc4c3nc(-c3cc(C(C)C)cc(C(C)C)c3O)n4-c3ccc(-c4c(C(C)C)cccc4C([2H])(C)C)cc3C([2H])([2H])[2H])cc(C(C)(C)C)c2)c([2H])c(-c2c([2H])c([2H])c(C([2H])([2H])[2H])c([2H])c2[2H])c1[2H].[Pt]. The second kappa shape index (κ2) is 18.7. The number of hydrogen-bond donors (Lipinski definition) is 1. The Labute approximate surface area is 422 Å². The molecule has 0 unspecified atom stereocenters. The molecular weight excluding hydrogens is 974 g/mol. The van der Waals surface area contributed by atoms with E-state index < -0.39 is 84.1 Å². The molecule has 65 heavy (non-hydrogen) atoms. The standard InChI is InChI=1S/C60H64N3O.Pt/c1-35(2)44-32-51(38(7)8)58(64)52(33-44)59-62-57-50(45-29-46(31-47(30-45)60(11,12)13)53-34-42(26-27-61-53)41-22-20-39(9)21-23-41)18-15-19-55(57)63(59)54-25-24-43(28-40(54)10)56-48(36(3)4)16-14-17-49(56)37(5)6;/h14-28,30-38,64H,1-13H3;/q-1;/i9D3,10D3,20D,21D,22D,23D,26D,27D,34D,36D;. The minimum Gasteiger partial charge on any atom is -0.507 e. The van der Waals surface area contributed by atoms with Crippen molar-refractivity contribution >= 4 is 11.0 Å². The number of phenols is 1. The molecule has 0 bridgehead atoms. The van der Waals surface area contributed by atoms with Gasteiger partial charge in [-0.05, 0) is 123 Å². The van der Waals surface area contributed by atoms with Gasteiger partial charge in [-0.25, -0.2) is 4.98 Å². The summed E-state index contributed by atoms with van der Waals surface area (Å²) >= 11 is 0. The Morgan fingerprint density at radius 3 is 2.08 bits per heavy atom. The van der Waals surface area contributed by atoms with E-state index in [2.05, 4.69) is 38.7 Å². The summed E-state index contributed by atoms with van der Waals surface area (Å²) in [5.74, 6) is -0.828. The summed E-state index contributed by atoms with van der Waals surface area (Å²) in [6.45, 7) is 16.1. The number of rotatable bonds is 10. The monoisotopic (exact) mass is 1050 g/mol. The molecule has 0 aliphatic carbocycles. The van der Waals surface area contributed by atoms with Gasteiger partial charge in [-0.1, -0.05) is 166 Å².